The molecule has 2 fully saturated rings. The Morgan fingerprint density at radius 2 is 1.82 bits per heavy atom. The lowest BCUT2D eigenvalue weighted by Gasteiger charge is -2.37. The third-order valence-corrected chi connectivity index (χ3v) is 9.04. The number of hydrazine groups is 1. The Labute approximate surface area is 171 Å². The van der Waals surface area contributed by atoms with Crippen LogP contribution in [0.2, 0.25) is 5.02 Å². The molecule has 2 aliphatic rings. The van der Waals surface area contributed by atoms with Gasteiger partial charge in [-0.2, -0.15) is 4.31 Å². The maximum absolute atomic E-state index is 13.3. The van der Waals surface area contributed by atoms with Crippen molar-refractivity contribution in [3.8, 4) is 0 Å². The van der Waals surface area contributed by atoms with E-state index in [1.54, 1.807) is 19.1 Å². The van der Waals surface area contributed by atoms with E-state index < -0.39 is 31.9 Å². The van der Waals surface area contributed by atoms with Crippen molar-refractivity contribution in [1.29, 1.82) is 0 Å². The second kappa shape index (κ2) is 7.91. The number of hydrogen-bond acceptors (Lipinski definition) is 6. The highest BCUT2D eigenvalue weighted by molar-refractivity contribution is 7.91. The molecule has 2 atom stereocenters. The maximum atomic E-state index is 13.3. The second-order valence-electron chi connectivity index (χ2n) is 7.31. The average Bonchev–Trinajstić information content (AvgIpc) is 3.22. The maximum Gasteiger partial charge on any atom is 0.255 e. The van der Waals surface area contributed by atoms with Gasteiger partial charge in [-0.05, 0) is 43.5 Å². The van der Waals surface area contributed by atoms with Gasteiger partial charge in [-0.15, -0.1) is 0 Å². The Bertz CT molecular complexity index is 948. The minimum Gasteiger partial charge on any atom is -0.272 e. The number of amides is 1. The van der Waals surface area contributed by atoms with Gasteiger partial charge in [0.05, 0.1) is 22.4 Å². The van der Waals surface area contributed by atoms with Crippen molar-refractivity contribution >= 4 is 37.4 Å². The Kier molecular flexibility index (Phi) is 6.07. The van der Waals surface area contributed by atoms with Gasteiger partial charge in [0, 0.05) is 25.7 Å². The van der Waals surface area contributed by atoms with Crippen molar-refractivity contribution in [2.75, 3.05) is 32.1 Å². The van der Waals surface area contributed by atoms with Crippen molar-refractivity contribution in [2.24, 2.45) is 0 Å². The molecule has 11 heteroatoms. The van der Waals surface area contributed by atoms with Crippen LogP contribution in [0.15, 0.2) is 29.2 Å². The predicted molar refractivity (Wildman–Crippen MR) is 106 cm³/mol. The normalized spacial score (nSPS) is 25.3. The van der Waals surface area contributed by atoms with Gasteiger partial charge in [-0.1, -0.05) is 11.6 Å². The monoisotopic (exact) mass is 449 g/mol. The zero-order valence-electron chi connectivity index (χ0n) is 15.8. The lowest BCUT2D eigenvalue weighted by atomic mass is 10.1. The molecular weight excluding hydrogens is 426 g/mol. The summed E-state index contributed by atoms with van der Waals surface area (Å²) in [6.07, 6.45) is 1.31. The van der Waals surface area contributed by atoms with Crippen molar-refractivity contribution in [1.82, 2.24) is 14.3 Å². The van der Waals surface area contributed by atoms with E-state index in [2.05, 4.69) is 0 Å². The van der Waals surface area contributed by atoms with Crippen LogP contribution in [0.4, 0.5) is 0 Å². The van der Waals surface area contributed by atoms with E-state index in [1.807, 2.05) is 0 Å². The molecule has 8 nitrogen and oxygen atoms in total. The average molecular weight is 450 g/mol. The summed E-state index contributed by atoms with van der Waals surface area (Å²) in [6, 6.07) is 4.50. The summed E-state index contributed by atoms with van der Waals surface area (Å²) >= 11 is 5.85. The van der Waals surface area contributed by atoms with Crippen LogP contribution in [-0.2, 0) is 24.7 Å². The van der Waals surface area contributed by atoms with Crippen LogP contribution in [0, 0.1) is 0 Å². The van der Waals surface area contributed by atoms with E-state index in [1.165, 1.54) is 33.6 Å². The van der Waals surface area contributed by atoms with Gasteiger partial charge in [0.1, 0.15) is 6.04 Å². The molecule has 156 valence electrons. The molecule has 0 spiro atoms. The Hall–Kier alpha value is -1.20. The molecule has 1 aromatic carbocycles. The zero-order valence-corrected chi connectivity index (χ0v) is 18.2. The summed E-state index contributed by atoms with van der Waals surface area (Å²) in [5.74, 6) is -0.456. The molecule has 0 unspecified atom stereocenters. The predicted octanol–water partition coefficient (Wildman–Crippen LogP) is 0.985. The number of sulfone groups is 1. The van der Waals surface area contributed by atoms with Crippen molar-refractivity contribution < 1.29 is 21.6 Å². The minimum atomic E-state index is -3.86. The van der Waals surface area contributed by atoms with Gasteiger partial charge in [0.2, 0.25) is 10.0 Å². The summed E-state index contributed by atoms with van der Waals surface area (Å²) in [5.41, 5.74) is 0. The third-order valence-electron chi connectivity index (χ3n) is 5.12. The summed E-state index contributed by atoms with van der Waals surface area (Å²) in [6.45, 7) is 0.242. The van der Waals surface area contributed by atoms with Gasteiger partial charge in [-0.25, -0.2) is 21.8 Å². The minimum absolute atomic E-state index is 0.0345. The van der Waals surface area contributed by atoms with Gasteiger partial charge >= 0.3 is 0 Å². The lowest BCUT2D eigenvalue weighted by molar-refractivity contribution is -0.152. The standard InChI is InChI=1S/C17H24ClN3O5S2/c1-19(2)21(14-9-11-27(23,24)12-14)17(22)16-4-3-10-20(16)28(25,26)15-7-5-13(18)6-8-15/h5-8,14,16H,3-4,9-12H2,1-2H3/t14-,16+/m1/s1. The van der Waals surface area contributed by atoms with Crippen LogP contribution in [0.1, 0.15) is 19.3 Å². The first-order valence-electron chi connectivity index (χ1n) is 9.01. The van der Waals surface area contributed by atoms with Crippen LogP contribution in [0.5, 0.6) is 0 Å². The molecule has 1 aromatic rings. The van der Waals surface area contributed by atoms with Crippen molar-refractivity contribution in [3.05, 3.63) is 29.3 Å². The van der Waals surface area contributed by atoms with Gasteiger partial charge in [-0.3, -0.25) is 9.80 Å². The smallest absolute Gasteiger partial charge is 0.255 e. The number of hydrogen-bond donors (Lipinski definition) is 0. The van der Waals surface area contributed by atoms with Gasteiger partial charge in [0.25, 0.3) is 5.91 Å². The number of carbonyl (C=O) groups excluding carboxylic acids is 1. The van der Waals surface area contributed by atoms with E-state index in [0.29, 0.717) is 24.3 Å². The van der Waals surface area contributed by atoms with Crippen LogP contribution >= 0.6 is 11.6 Å². The summed E-state index contributed by atoms with van der Waals surface area (Å²) in [5, 5.41) is 3.39. The number of sulfonamides is 1. The van der Waals surface area contributed by atoms with Crippen molar-refractivity contribution in [3.63, 3.8) is 0 Å². The number of rotatable bonds is 5. The molecule has 0 bridgehead atoms. The van der Waals surface area contributed by atoms with E-state index in [0.717, 1.165) is 0 Å². The Morgan fingerprint density at radius 1 is 1.18 bits per heavy atom. The summed E-state index contributed by atoms with van der Waals surface area (Å²) in [7, 11) is -3.72. The van der Waals surface area contributed by atoms with E-state index in [-0.39, 0.29) is 28.9 Å². The molecular formula is C17H24ClN3O5S2. The fourth-order valence-electron chi connectivity index (χ4n) is 3.84. The Balaban J connectivity index is 1.88. The fourth-order valence-corrected chi connectivity index (χ4v) is 7.31. The molecule has 2 heterocycles. The van der Waals surface area contributed by atoms with Crippen molar-refractivity contribution in [2.45, 2.75) is 36.2 Å². The molecule has 0 N–H and O–H groups in total. The van der Waals surface area contributed by atoms with Crippen LogP contribution in [0.25, 0.3) is 0 Å². The lowest BCUT2D eigenvalue weighted by Crippen LogP contribution is -2.56. The second-order valence-corrected chi connectivity index (χ2v) is 11.9. The largest absolute Gasteiger partial charge is 0.272 e. The first kappa shape index (κ1) is 21.5. The SMILES string of the molecule is CN(C)N(C(=O)[C@@H]1CCCN1S(=O)(=O)c1ccc(Cl)cc1)[C@@H]1CCS(=O)(=O)C1. The first-order chi connectivity index (χ1) is 13.0. The summed E-state index contributed by atoms with van der Waals surface area (Å²) < 4.78 is 51.1. The summed E-state index contributed by atoms with van der Waals surface area (Å²) in [4.78, 5) is 13.4. The molecule has 1 amide bonds. The van der Waals surface area contributed by atoms with E-state index in [4.69, 9.17) is 11.6 Å². The molecule has 2 saturated heterocycles. The van der Waals surface area contributed by atoms with Crippen LogP contribution in [-0.4, -0.2) is 81.3 Å². The molecule has 28 heavy (non-hydrogen) atoms. The number of nitrogens with zero attached hydrogens (tertiary/aromatic N) is 3. The Morgan fingerprint density at radius 3 is 2.36 bits per heavy atom. The quantitative estimate of drug-likeness (QED) is 0.622. The number of carbonyl (C=O) groups is 1. The third kappa shape index (κ3) is 4.20. The van der Waals surface area contributed by atoms with E-state index in [9.17, 15) is 21.6 Å². The topological polar surface area (TPSA) is 95.1 Å². The highest BCUT2D eigenvalue weighted by atomic mass is 35.5. The highest BCUT2D eigenvalue weighted by Gasteiger charge is 2.45. The first-order valence-corrected chi connectivity index (χ1v) is 12.6. The van der Waals surface area contributed by atoms with Gasteiger partial charge in [0.15, 0.2) is 9.84 Å². The molecule has 0 aliphatic carbocycles. The van der Waals surface area contributed by atoms with E-state index >= 15 is 0 Å². The molecule has 0 saturated carbocycles. The number of benzene rings is 1. The fraction of sp³-hybridized carbons (Fsp3) is 0.588. The molecule has 2 aliphatic heterocycles. The van der Waals surface area contributed by atoms with Crippen LogP contribution < -0.4 is 0 Å². The van der Waals surface area contributed by atoms with Gasteiger partial charge < -0.3 is 0 Å². The molecule has 3 rings (SSSR count). The number of halogens is 1. The molecule has 0 radical (unpaired) electrons. The molecule has 0 aromatic heterocycles. The zero-order chi connectivity index (χ0) is 20.7. The van der Waals surface area contributed by atoms with Crippen LogP contribution in [0.3, 0.4) is 0 Å². The highest BCUT2D eigenvalue weighted by Crippen LogP contribution is 2.30.